The molecule has 0 bridgehead atoms. The second-order valence-electron chi connectivity index (χ2n) is 7.41. The fourth-order valence-electron chi connectivity index (χ4n) is 4.86. The summed E-state index contributed by atoms with van der Waals surface area (Å²) in [7, 11) is 0. The Kier molecular flexibility index (Phi) is 4.32. The first-order chi connectivity index (χ1) is 12.7. The van der Waals surface area contributed by atoms with Gasteiger partial charge in [-0.3, -0.25) is 0 Å². The zero-order chi connectivity index (χ0) is 18.1. The Hall–Kier alpha value is -2.54. The van der Waals surface area contributed by atoms with Crippen molar-refractivity contribution < 1.29 is 5.11 Å². The summed E-state index contributed by atoms with van der Waals surface area (Å²) >= 11 is 0. The number of phenolic OH excluding ortho intramolecular Hbond substituents is 1. The van der Waals surface area contributed by atoms with Crippen molar-refractivity contribution in [3.05, 3.63) is 77.9 Å². The molecule has 1 aliphatic carbocycles. The maximum absolute atomic E-state index is 10.3. The normalized spacial score (nSPS) is 14.1. The fraction of sp³-hybridized carbons (Fsp3) is 0.280. The van der Waals surface area contributed by atoms with Crippen molar-refractivity contribution >= 4 is 0 Å². The Morgan fingerprint density at radius 3 is 2.00 bits per heavy atom. The van der Waals surface area contributed by atoms with Gasteiger partial charge in [0.15, 0.2) is 0 Å². The second-order valence-corrected chi connectivity index (χ2v) is 7.41. The van der Waals surface area contributed by atoms with Crippen molar-refractivity contribution in [2.24, 2.45) is 0 Å². The maximum Gasteiger partial charge on any atom is 0.123 e. The lowest BCUT2D eigenvalue weighted by molar-refractivity contribution is 0.436. The largest absolute Gasteiger partial charge is 0.507 e. The van der Waals surface area contributed by atoms with Crippen LogP contribution >= 0.6 is 0 Å². The molecule has 0 unspecified atom stereocenters. The highest BCUT2D eigenvalue weighted by Gasteiger charge is 2.41. The molecular formula is C25H26O. The molecule has 0 saturated carbocycles. The van der Waals surface area contributed by atoms with Gasteiger partial charge in [-0.2, -0.15) is 0 Å². The average Bonchev–Trinajstić information content (AvgIpc) is 2.93. The van der Waals surface area contributed by atoms with Gasteiger partial charge in [-0.1, -0.05) is 81.3 Å². The number of benzene rings is 3. The lowest BCUT2D eigenvalue weighted by atomic mass is 9.71. The maximum atomic E-state index is 10.3. The molecule has 3 aromatic rings. The molecule has 26 heavy (non-hydrogen) atoms. The molecule has 0 heterocycles. The van der Waals surface area contributed by atoms with Gasteiger partial charge >= 0.3 is 0 Å². The van der Waals surface area contributed by atoms with Crippen LogP contribution in [0.5, 0.6) is 5.75 Å². The van der Waals surface area contributed by atoms with E-state index in [0.717, 1.165) is 36.8 Å². The molecule has 0 atom stereocenters. The van der Waals surface area contributed by atoms with Crippen molar-refractivity contribution in [1.82, 2.24) is 0 Å². The Balaban J connectivity index is 1.96. The van der Waals surface area contributed by atoms with Gasteiger partial charge in [0.25, 0.3) is 0 Å². The van der Waals surface area contributed by atoms with Crippen molar-refractivity contribution in [2.75, 3.05) is 0 Å². The van der Waals surface area contributed by atoms with Crippen LogP contribution in [0.2, 0.25) is 0 Å². The molecule has 1 nitrogen and oxygen atoms in total. The van der Waals surface area contributed by atoms with Crippen LogP contribution < -0.4 is 0 Å². The van der Waals surface area contributed by atoms with Crippen LogP contribution in [0.4, 0.5) is 0 Å². The van der Waals surface area contributed by atoms with E-state index in [0.29, 0.717) is 5.75 Å². The summed E-state index contributed by atoms with van der Waals surface area (Å²) < 4.78 is 0. The Morgan fingerprint density at radius 2 is 1.31 bits per heavy atom. The number of hydrogen-bond acceptors (Lipinski definition) is 1. The summed E-state index contributed by atoms with van der Waals surface area (Å²) in [5.41, 5.74) is 7.76. The predicted octanol–water partition coefficient (Wildman–Crippen LogP) is 6.93. The minimum Gasteiger partial charge on any atom is -0.507 e. The van der Waals surface area contributed by atoms with Crippen molar-refractivity contribution in [3.8, 4) is 28.0 Å². The summed E-state index contributed by atoms with van der Waals surface area (Å²) in [5.74, 6) is 0.347. The quantitative estimate of drug-likeness (QED) is 0.533. The summed E-state index contributed by atoms with van der Waals surface area (Å²) in [6, 6.07) is 23.3. The molecule has 0 fully saturated rings. The van der Waals surface area contributed by atoms with Crippen molar-refractivity contribution in [3.63, 3.8) is 0 Å². The number of rotatable bonds is 5. The summed E-state index contributed by atoms with van der Waals surface area (Å²) in [4.78, 5) is 0. The van der Waals surface area contributed by atoms with E-state index < -0.39 is 0 Å². The van der Waals surface area contributed by atoms with E-state index in [-0.39, 0.29) is 5.41 Å². The number of para-hydroxylation sites is 1. The van der Waals surface area contributed by atoms with E-state index in [1.807, 2.05) is 18.2 Å². The van der Waals surface area contributed by atoms with Gasteiger partial charge in [0, 0.05) is 11.0 Å². The van der Waals surface area contributed by atoms with Crippen LogP contribution in [0.15, 0.2) is 66.7 Å². The van der Waals surface area contributed by atoms with Crippen molar-refractivity contribution in [1.29, 1.82) is 0 Å². The molecule has 0 aromatic heterocycles. The van der Waals surface area contributed by atoms with Gasteiger partial charge in [0.2, 0.25) is 0 Å². The molecule has 1 heteroatoms. The van der Waals surface area contributed by atoms with Crippen LogP contribution in [-0.4, -0.2) is 5.11 Å². The van der Waals surface area contributed by atoms with Gasteiger partial charge in [-0.25, -0.2) is 0 Å². The van der Waals surface area contributed by atoms with E-state index in [4.69, 9.17) is 0 Å². The van der Waals surface area contributed by atoms with Crippen LogP contribution in [0.1, 0.15) is 50.7 Å². The molecule has 0 aliphatic heterocycles. The first kappa shape index (κ1) is 16.9. The highest BCUT2D eigenvalue weighted by atomic mass is 16.3. The molecular weight excluding hydrogens is 316 g/mol. The molecule has 0 amide bonds. The third kappa shape index (κ3) is 2.46. The number of hydrogen-bond donors (Lipinski definition) is 1. The second kappa shape index (κ2) is 6.64. The third-order valence-electron chi connectivity index (χ3n) is 5.84. The molecule has 0 spiro atoms. The zero-order valence-electron chi connectivity index (χ0n) is 15.6. The molecule has 0 saturated heterocycles. The molecule has 0 radical (unpaired) electrons. The fourth-order valence-corrected chi connectivity index (χ4v) is 4.86. The smallest absolute Gasteiger partial charge is 0.123 e. The minimum atomic E-state index is 0.0931. The van der Waals surface area contributed by atoms with E-state index in [1.54, 1.807) is 6.07 Å². The van der Waals surface area contributed by atoms with E-state index >= 15 is 0 Å². The first-order valence-electron chi connectivity index (χ1n) is 9.74. The Bertz CT molecular complexity index is 932. The minimum absolute atomic E-state index is 0.0931. The average molecular weight is 342 g/mol. The predicted molar refractivity (Wildman–Crippen MR) is 110 cm³/mol. The Labute approximate surface area is 156 Å². The highest BCUT2D eigenvalue weighted by molar-refractivity contribution is 5.84. The summed E-state index contributed by atoms with van der Waals surface area (Å²) in [5, 5.41) is 10.3. The number of phenols is 1. The van der Waals surface area contributed by atoms with Crippen LogP contribution in [0, 0.1) is 0 Å². The third-order valence-corrected chi connectivity index (χ3v) is 5.84. The molecule has 1 N–H and O–H groups in total. The SMILES string of the molecule is CCCC1(CCC)c2ccccc2-c2ccc(-c3ccccc3O)cc21. The van der Waals surface area contributed by atoms with E-state index in [1.165, 1.54) is 22.3 Å². The number of fused-ring (bicyclic) bond motifs is 3. The lowest BCUT2D eigenvalue weighted by Gasteiger charge is -2.32. The molecule has 132 valence electrons. The van der Waals surface area contributed by atoms with E-state index in [2.05, 4.69) is 56.3 Å². The summed E-state index contributed by atoms with van der Waals surface area (Å²) in [6.07, 6.45) is 4.65. The van der Waals surface area contributed by atoms with Gasteiger partial charge in [-0.05, 0) is 52.8 Å². The monoisotopic (exact) mass is 342 g/mol. The standard InChI is InChI=1S/C25H26O/c1-3-15-25(16-4-2)22-11-7-5-10-20(22)21-14-13-18(17-23(21)25)19-9-6-8-12-24(19)26/h5-14,17,26H,3-4,15-16H2,1-2H3. The lowest BCUT2D eigenvalue weighted by Crippen LogP contribution is -2.25. The number of aromatic hydroxyl groups is 1. The van der Waals surface area contributed by atoms with Crippen LogP contribution in [0.25, 0.3) is 22.3 Å². The van der Waals surface area contributed by atoms with Gasteiger partial charge in [0.1, 0.15) is 5.75 Å². The Morgan fingerprint density at radius 1 is 0.692 bits per heavy atom. The van der Waals surface area contributed by atoms with Gasteiger partial charge in [0.05, 0.1) is 0 Å². The van der Waals surface area contributed by atoms with E-state index in [9.17, 15) is 5.11 Å². The van der Waals surface area contributed by atoms with Crippen molar-refractivity contribution in [2.45, 2.75) is 44.9 Å². The molecule has 1 aliphatic rings. The summed E-state index contributed by atoms with van der Waals surface area (Å²) in [6.45, 7) is 4.57. The molecule has 3 aromatic carbocycles. The van der Waals surface area contributed by atoms with Crippen LogP contribution in [0.3, 0.4) is 0 Å². The van der Waals surface area contributed by atoms with Gasteiger partial charge < -0.3 is 5.11 Å². The van der Waals surface area contributed by atoms with Crippen LogP contribution in [-0.2, 0) is 5.41 Å². The zero-order valence-corrected chi connectivity index (χ0v) is 15.6. The van der Waals surface area contributed by atoms with Gasteiger partial charge in [-0.15, -0.1) is 0 Å². The topological polar surface area (TPSA) is 20.2 Å². The highest BCUT2D eigenvalue weighted by Crippen LogP contribution is 2.54. The first-order valence-corrected chi connectivity index (χ1v) is 9.74. The molecule has 4 rings (SSSR count).